The largest absolute Gasteiger partial charge is 0.445 e. The van der Waals surface area contributed by atoms with E-state index in [4.69, 9.17) is 4.74 Å². The van der Waals surface area contributed by atoms with Crippen molar-refractivity contribution in [2.75, 3.05) is 6.61 Å². The number of aliphatic hydroxyl groups excluding tert-OH is 2. The van der Waals surface area contributed by atoms with Gasteiger partial charge in [0.2, 0.25) is 17.7 Å². The minimum atomic E-state index is -1.21. The Hall–Kier alpha value is -4.03. The average molecular weight is 670 g/mol. The van der Waals surface area contributed by atoms with Gasteiger partial charge in [0, 0.05) is 18.3 Å². The van der Waals surface area contributed by atoms with Gasteiger partial charge in [0.1, 0.15) is 18.7 Å². The first-order chi connectivity index (χ1) is 22.8. The summed E-state index contributed by atoms with van der Waals surface area (Å²) in [6.45, 7) is 11.4. The lowest BCUT2D eigenvalue weighted by Crippen LogP contribution is -2.57. The van der Waals surface area contributed by atoms with Gasteiger partial charge in [-0.25, -0.2) is 4.79 Å². The van der Waals surface area contributed by atoms with E-state index in [9.17, 15) is 29.4 Å². The lowest BCUT2D eigenvalue weighted by atomic mass is 9.95. The molecule has 0 aliphatic rings. The van der Waals surface area contributed by atoms with Crippen molar-refractivity contribution in [1.29, 1.82) is 0 Å². The number of nitrogens with one attached hydrogen (secondary N) is 4. The summed E-state index contributed by atoms with van der Waals surface area (Å²) in [4.78, 5) is 57.3. The van der Waals surface area contributed by atoms with Crippen LogP contribution >= 0.6 is 0 Å². The van der Waals surface area contributed by atoms with Crippen molar-refractivity contribution in [3.05, 3.63) is 66.0 Å². The predicted molar refractivity (Wildman–Crippen MR) is 183 cm³/mol. The Bertz CT molecular complexity index is 1260. The average Bonchev–Trinajstić information content (AvgIpc) is 3.05. The van der Waals surface area contributed by atoms with Gasteiger partial charge in [-0.1, -0.05) is 84.4 Å². The maximum atomic E-state index is 13.7. The number of aliphatic hydroxyl groups is 2. The first-order valence-corrected chi connectivity index (χ1v) is 16.9. The lowest BCUT2D eigenvalue weighted by molar-refractivity contribution is -0.132. The minimum absolute atomic E-state index is 0.00862. The molecule has 0 aliphatic carbocycles. The van der Waals surface area contributed by atoms with Gasteiger partial charge in [-0.05, 0) is 48.3 Å². The monoisotopic (exact) mass is 669 g/mol. The highest BCUT2D eigenvalue weighted by molar-refractivity contribution is 5.91. The van der Waals surface area contributed by atoms with Crippen LogP contribution in [-0.2, 0) is 32.1 Å². The summed E-state index contributed by atoms with van der Waals surface area (Å²) in [6, 6.07) is 11.1. The topological polar surface area (TPSA) is 179 Å². The van der Waals surface area contributed by atoms with Crippen molar-refractivity contribution in [3.8, 4) is 0 Å². The van der Waals surface area contributed by atoms with Gasteiger partial charge < -0.3 is 36.2 Å². The van der Waals surface area contributed by atoms with Gasteiger partial charge in [-0.3, -0.25) is 19.4 Å². The van der Waals surface area contributed by atoms with E-state index in [0.29, 0.717) is 12.1 Å². The Morgan fingerprint density at radius 1 is 0.792 bits per heavy atom. The van der Waals surface area contributed by atoms with Gasteiger partial charge in [0.05, 0.1) is 31.2 Å². The quantitative estimate of drug-likeness (QED) is 0.124. The van der Waals surface area contributed by atoms with Crippen molar-refractivity contribution >= 4 is 23.8 Å². The Kier molecular flexibility index (Phi) is 17.6. The summed E-state index contributed by atoms with van der Waals surface area (Å²) in [5.74, 6) is -1.42. The normalized spacial score (nSPS) is 15.0. The number of carbonyl (C=O) groups is 4. The second-order valence-electron chi connectivity index (χ2n) is 13.2. The molecular weight excluding hydrogens is 614 g/mol. The molecule has 6 atom stereocenters. The molecule has 0 bridgehead atoms. The van der Waals surface area contributed by atoms with E-state index in [1.54, 1.807) is 24.4 Å². The molecule has 0 spiro atoms. The van der Waals surface area contributed by atoms with Gasteiger partial charge in [0.25, 0.3) is 0 Å². The number of rotatable bonds is 20. The van der Waals surface area contributed by atoms with Gasteiger partial charge >= 0.3 is 6.09 Å². The van der Waals surface area contributed by atoms with Crippen LogP contribution in [0.4, 0.5) is 4.79 Å². The zero-order valence-electron chi connectivity index (χ0n) is 29.1. The fourth-order valence-electron chi connectivity index (χ4n) is 5.17. The molecule has 0 radical (unpaired) electrons. The molecule has 12 heteroatoms. The number of hydrogen-bond donors (Lipinski definition) is 6. The maximum Gasteiger partial charge on any atom is 0.408 e. The fourth-order valence-corrected chi connectivity index (χ4v) is 5.17. The molecule has 1 aromatic carbocycles. The van der Waals surface area contributed by atoms with Crippen molar-refractivity contribution in [1.82, 2.24) is 26.3 Å². The zero-order valence-corrected chi connectivity index (χ0v) is 29.1. The molecule has 266 valence electrons. The van der Waals surface area contributed by atoms with E-state index >= 15 is 0 Å². The Balaban J connectivity index is 2.18. The zero-order chi connectivity index (χ0) is 35.6. The Morgan fingerprint density at radius 2 is 1.44 bits per heavy atom. The second kappa shape index (κ2) is 21.0. The van der Waals surface area contributed by atoms with Crippen LogP contribution in [0.1, 0.15) is 78.5 Å². The molecule has 12 nitrogen and oxygen atoms in total. The summed E-state index contributed by atoms with van der Waals surface area (Å²) in [7, 11) is 0. The molecule has 2 aromatic rings. The number of hydrogen-bond acceptors (Lipinski definition) is 8. The first-order valence-electron chi connectivity index (χ1n) is 16.9. The van der Waals surface area contributed by atoms with Gasteiger partial charge in [-0.15, -0.1) is 0 Å². The number of ether oxygens (including phenoxy) is 1. The summed E-state index contributed by atoms with van der Waals surface area (Å²) in [6.07, 6.45) is 0.790. The number of amides is 4. The number of alkyl carbamates (subject to hydrolysis) is 1. The molecule has 3 unspecified atom stereocenters. The molecule has 0 fully saturated rings. The predicted octanol–water partition coefficient (Wildman–Crippen LogP) is 3.26. The van der Waals surface area contributed by atoms with Gasteiger partial charge in [-0.2, -0.15) is 0 Å². The Morgan fingerprint density at radius 3 is 2.02 bits per heavy atom. The van der Waals surface area contributed by atoms with Crippen LogP contribution < -0.4 is 21.3 Å². The summed E-state index contributed by atoms with van der Waals surface area (Å²) in [5, 5.41) is 31.9. The second-order valence-corrected chi connectivity index (χ2v) is 13.2. The summed E-state index contributed by atoms with van der Waals surface area (Å²) in [5.41, 5.74) is 1.34. The first kappa shape index (κ1) is 40.1. The molecule has 2 rings (SSSR count). The van der Waals surface area contributed by atoms with Crippen LogP contribution in [0, 0.1) is 17.8 Å². The van der Waals surface area contributed by atoms with Crippen LogP contribution in [0.2, 0.25) is 0 Å². The number of benzene rings is 1. The van der Waals surface area contributed by atoms with E-state index in [2.05, 4.69) is 26.3 Å². The maximum absolute atomic E-state index is 13.7. The molecule has 0 aliphatic heterocycles. The molecule has 6 N–H and O–H groups in total. The SMILES string of the molecule is CCC(C)[C@@H](CO)NC(=O)CC(O)C(CC(C)C)NC(=O)[C@H](CC(C)C)NC(=O)[C@H](Cc1ccccn1)NC(=O)OCc1ccccc1. The highest BCUT2D eigenvalue weighted by atomic mass is 16.5. The molecule has 1 aromatic heterocycles. The third-order valence-corrected chi connectivity index (χ3v) is 8.09. The van der Waals surface area contributed by atoms with Crippen molar-refractivity contribution in [2.45, 2.75) is 111 Å². The molecule has 4 amide bonds. The van der Waals surface area contributed by atoms with Crippen molar-refractivity contribution in [2.24, 2.45) is 17.8 Å². The van der Waals surface area contributed by atoms with Crippen LogP contribution in [0.3, 0.4) is 0 Å². The minimum Gasteiger partial charge on any atom is -0.445 e. The highest BCUT2D eigenvalue weighted by Gasteiger charge is 2.32. The summed E-state index contributed by atoms with van der Waals surface area (Å²) >= 11 is 0. The molecule has 0 saturated carbocycles. The van der Waals surface area contributed by atoms with Crippen LogP contribution in [-0.4, -0.2) is 75.9 Å². The van der Waals surface area contributed by atoms with E-state index in [0.717, 1.165) is 12.0 Å². The molecule has 48 heavy (non-hydrogen) atoms. The molecular formula is C36H55N5O7. The number of carbonyl (C=O) groups excluding carboxylic acids is 4. The van der Waals surface area contributed by atoms with E-state index in [-0.39, 0.29) is 50.2 Å². The Labute approximate surface area is 284 Å². The third kappa shape index (κ3) is 14.8. The van der Waals surface area contributed by atoms with Crippen LogP contribution in [0.25, 0.3) is 0 Å². The smallest absolute Gasteiger partial charge is 0.408 e. The summed E-state index contributed by atoms with van der Waals surface area (Å²) < 4.78 is 5.36. The number of pyridine rings is 1. The van der Waals surface area contributed by atoms with Crippen molar-refractivity contribution in [3.63, 3.8) is 0 Å². The van der Waals surface area contributed by atoms with E-state index < -0.39 is 54.1 Å². The molecule has 1 heterocycles. The van der Waals surface area contributed by atoms with Crippen molar-refractivity contribution < 1.29 is 34.1 Å². The number of aromatic nitrogens is 1. The van der Waals surface area contributed by atoms with E-state index in [1.165, 1.54) is 0 Å². The van der Waals surface area contributed by atoms with E-state index in [1.807, 2.05) is 71.9 Å². The third-order valence-electron chi connectivity index (χ3n) is 8.09. The number of nitrogens with zero attached hydrogens (tertiary/aromatic N) is 1. The standard InChI is InChI=1S/C36H55N5O7/c1-7-25(6)31(21-42)38-33(44)20-32(43)28(17-23(2)3)39-34(45)29(18-24(4)5)40-35(46)30(19-27-15-11-12-16-37-27)41-36(47)48-22-26-13-9-8-10-14-26/h8-16,23-25,28-32,42-43H,7,17-22H2,1-6H3,(H,38,44)(H,39,45)(H,40,46)(H,41,47)/t25?,28?,29-,30-,31+,32?/m0/s1. The fraction of sp³-hybridized carbons (Fsp3) is 0.583. The van der Waals surface area contributed by atoms with Crippen LogP contribution in [0.15, 0.2) is 54.7 Å². The van der Waals surface area contributed by atoms with Crippen LogP contribution in [0.5, 0.6) is 0 Å². The molecule has 0 saturated heterocycles. The van der Waals surface area contributed by atoms with Gasteiger partial charge in [0.15, 0.2) is 0 Å². The highest BCUT2D eigenvalue weighted by Crippen LogP contribution is 2.15. The lowest BCUT2D eigenvalue weighted by Gasteiger charge is -2.30.